The van der Waals surface area contributed by atoms with E-state index in [0.717, 1.165) is 52.6 Å². The van der Waals surface area contributed by atoms with E-state index >= 15 is 0 Å². The molecule has 0 spiro atoms. The number of thiophene rings is 1. The molecule has 7 nitrogen and oxygen atoms in total. The van der Waals surface area contributed by atoms with Crippen LogP contribution in [-0.2, 0) is 27.4 Å². The SMILES string of the molecule is CC1(C)C2C(=O)N(Cc3cc4nccc(-c5cccn5C[C@H]5CNCCO5)c4s3)C(=O)C21. The third-order valence-electron chi connectivity index (χ3n) is 7.18. The molecule has 0 bridgehead atoms. The molecule has 3 aliphatic rings. The van der Waals surface area contributed by atoms with Crippen LogP contribution >= 0.6 is 11.3 Å². The minimum absolute atomic E-state index is 0.0226. The zero-order chi connectivity index (χ0) is 22.0. The van der Waals surface area contributed by atoms with E-state index < -0.39 is 0 Å². The van der Waals surface area contributed by atoms with Gasteiger partial charge >= 0.3 is 0 Å². The second-order valence-corrected chi connectivity index (χ2v) is 10.7. The summed E-state index contributed by atoms with van der Waals surface area (Å²) >= 11 is 1.62. The monoisotopic (exact) mass is 450 g/mol. The van der Waals surface area contributed by atoms with E-state index in [-0.39, 0.29) is 35.2 Å². The van der Waals surface area contributed by atoms with Crippen LogP contribution in [0.1, 0.15) is 18.7 Å². The predicted octanol–water partition coefficient (Wildman–Crippen LogP) is 2.89. The van der Waals surface area contributed by atoms with Crippen LogP contribution in [0.2, 0.25) is 0 Å². The maximum Gasteiger partial charge on any atom is 0.234 e. The summed E-state index contributed by atoms with van der Waals surface area (Å²) in [4.78, 5) is 32.5. The van der Waals surface area contributed by atoms with Crippen molar-refractivity contribution in [3.05, 3.63) is 41.5 Å². The van der Waals surface area contributed by atoms with Crippen LogP contribution in [0.3, 0.4) is 0 Å². The van der Waals surface area contributed by atoms with E-state index in [0.29, 0.717) is 6.54 Å². The number of nitrogens with zero attached hydrogens (tertiary/aromatic N) is 3. The minimum Gasteiger partial charge on any atom is -0.374 e. The number of fused-ring (bicyclic) bond motifs is 2. The normalized spacial score (nSPS) is 26.7. The first-order chi connectivity index (χ1) is 15.4. The molecule has 1 N–H and O–H groups in total. The molecule has 6 rings (SSSR count). The summed E-state index contributed by atoms with van der Waals surface area (Å²) in [6, 6.07) is 8.23. The number of rotatable bonds is 5. The number of hydrogen-bond acceptors (Lipinski definition) is 6. The average molecular weight is 451 g/mol. The van der Waals surface area contributed by atoms with Crippen LogP contribution in [-0.4, -0.2) is 52.1 Å². The lowest BCUT2D eigenvalue weighted by Crippen LogP contribution is -2.40. The van der Waals surface area contributed by atoms with Crippen LogP contribution in [0.4, 0.5) is 0 Å². The lowest BCUT2D eigenvalue weighted by molar-refractivity contribution is -0.143. The number of likely N-dealkylation sites (tertiary alicyclic amines) is 1. The molecule has 8 heteroatoms. The van der Waals surface area contributed by atoms with Gasteiger partial charge in [-0.1, -0.05) is 13.8 Å². The minimum atomic E-state index is -0.178. The van der Waals surface area contributed by atoms with E-state index in [1.807, 2.05) is 32.2 Å². The number of ether oxygens (including phenoxy) is 1. The van der Waals surface area contributed by atoms with Crippen molar-refractivity contribution < 1.29 is 14.3 Å². The summed E-state index contributed by atoms with van der Waals surface area (Å²) in [6.45, 7) is 7.63. The van der Waals surface area contributed by atoms with Gasteiger partial charge in [-0.2, -0.15) is 0 Å². The molecule has 3 aromatic rings. The number of pyridine rings is 1. The molecule has 2 unspecified atom stereocenters. The van der Waals surface area contributed by atoms with E-state index in [1.165, 1.54) is 4.90 Å². The van der Waals surface area contributed by atoms with Crippen molar-refractivity contribution in [2.75, 3.05) is 19.7 Å². The third kappa shape index (κ3) is 3.04. The summed E-state index contributed by atoms with van der Waals surface area (Å²) in [6.07, 6.45) is 4.06. The van der Waals surface area contributed by atoms with E-state index in [2.05, 4.69) is 33.2 Å². The van der Waals surface area contributed by atoms with Gasteiger partial charge in [0.05, 0.1) is 47.9 Å². The smallest absolute Gasteiger partial charge is 0.234 e. The number of nitrogens with one attached hydrogen (secondary N) is 1. The van der Waals surface area contributed by atoms with Gasteiger partial charge in [0.2, 0.25) is 11.8 Å². The molecule has 1 saturated carbocycles. The summed E-state index contributed by atoms with van der Waals surface area (Å²) in [5.41, 5.74) is 2.96. The number of aromatic nitrogens is 2. The number of carbonyl (C=O) groups is 2. The van der Waals surface area contributed by atoms with Crippen molar-refractivity contribution >= 4 is 33.4 Å². The average Bonchev–Trinajstić information content (AvgIpc) is 3.18. The Bertz CT molecular complexity index is 1200. The highest BCUT2D eigenvalue weighted by Gasteiger charge is 2.72. The van der Waals surface area contributed by atoms with Gasteiger partial charge in [-0.25, -0.2) is 0 Å². The van der Waals surface area contributed by atoms with Gasteiger partial charge in [-0.05, 0) is 29.7 Å². The number of carbonyl (C=O) groups excluding carboxylic acids is 2. The van der Waals surface area contributed by atoms with E-state index in [1.54, 1.807) is 11.3 Å². The highest BCUT2D eigenvalue weighted by atomic mass is 32.1. The van der Waals surface area contributed by atoms with Crippen molar-refractivity contribution in [1.82, 2.24) is 19.8 Å². The quantitative estimate of drug-likeness (QED) is 0.605. The lowest BCUT2D eigenvalue weighted by atomic mass is 10.1. The highest BCUT2D eigenvalue weighted by molar-refractivity contribution is 7.19. The molecule has 3 aromatic heterocycles. The van der Waals surface area contributed by atoms with Crippen LogP contribution in [0, 0.1) is 17.3 Å². The van der Waals surface area contributed by atoms with Gasteiger partial charge in [-0.3, -0.25) is 19.5 Å². The topological polar surface area (TPSA) is 76.5 Å². The Morgan fingerprint density at radius 3 is 2.81 bits per heavy atom. The number of imide groups is 1. The molecule has 2 amide bonds. The van der Waals surface area contributed by atoms with Crippen LogP contribution in [0.5, 0.6) is 0 Å². The molecule has 32 heavy (non-hydrogen) atoms. The Morgan fingerprint density at radius 2 is 2.06 bits per heavy atom. The van der Waals surface area contributed by atoms with Crippen LogP contribution in [0.15, 0.2) is 36.7 Å². The first-order valence-electron chi connectivity index (χ1n) is 11.2. The van der Waals surface area contributed by atoms with E-state index in [9.17, 15) is 9.59 Å². The van der Waals surface area contributed by atoms with Gasteiger partial charge in [0.15, 0.2) is 0 Å². The fraction of sp³-hybridized carbons (Fsp3) is 0.458. The molecule has 3 fully saturated rings. The highest BCUT2D eigenvalue weighted by Crippen LogP contribution is 2.63. The summed E-state index contributed by atoms with van der Waals surface area (Å²) in [7, 11) is 0. The van der Waals surface area contributed by atoms with Gasteiger partial charge in [0.25, 0.3) is 0 Å². The van der Waals surface area contributed by atoms with Gasteiger partial charge < -0.3 is 14.6 Å². The Morgan fingerprint density at radius 1 is 1.25 bits per heavy atom. The van der Waals surface area contributed by atoms with Crippen molar-refractivity contribution in [3.8, 4) is 11.3 Å². The van der Waals surface area contributed by atoms with Crippen molar-refractivity contribution in [1.29, 1.82) is 0 Å². The summed E-state index contributed by atoms with van der Waals surface area (Å²) in [5, 5.41) is 3.39. The lowest BCUT2D eigenvalue weighted by Gasteiger charge is -2.25. The second kappa shape index (κ2) is 7.23. The maximum absolute atomic E-state index is 12.8. The second-order valence-electron chi connectivity index (χ2n) is 9.57. The molecule has 1 aliphatic carbocycles. The molecular formula is C24H26N4O3S. The Balaban J connectivity index is 1.28. The number of amides is 2. The summed E-state index contributed by atoms with van der Waals surface area (Å²) in [5.74, 6) is -0.327. The zero-order valence-electron chi connectivity index (χ0n) is 18.2. The van der Waals surface area contributed by atoms with Crippen molar-refractivity contribution in [2.45, 2.75) is 33.0 Å². The molecular weight excluding hydrogens is 424 g/mol. The Kier molecular flexibility index (Phi) is 4.54. The maximum atomic E-state index is 12.8. The van der Waals surface area contributed by atoms with Crippen molar-refractivity contribution in [3.63, 3.8) is 0 Å². The predicted molar refractivity (Wildman–Crippen MR) is 122 cm³/mol. The van der Waals surface area contributed by atoms with Gasteiger partial charge in [0, 0.05) is 41.6 Å². The fourth-order valence-corrected chi connectivity index (χ4v) is 6.48. The molecule has 0 radical (unpaired) electrons. The molecule has 2 aliphatic heterocycles. The van der Waals surface area contributed by atoms with Gasteiger partial charge in [0.1, 0.15) is 0 Å². The molecule has 5 heterocycles. The van der Waals surface area contributed by atoms with Gasteiger partial charge in [-0.15, -0.1) is 11.3 Å². The zero-order valence-corrected chi connectivity index (χ0v) is 19.0. The molecule has 3 atom stereocenters. The molecule has 2 saturated heterocycles. The number of piperidine rings is 1. The number of morpholine rings is 1. The summed E-state index contributed by atoms with van der Waals surface area (Å²) < 4.78 is 9.20. The van der Waals surface area contributed by atoms with Crippen LogP contribution < -0.4 is 5.32 Å². The standard InChI is InChI=1S/C24H26N4O3S/c1-24(2)19-20(24)23(30)28(22(19)29)13-15-10-17-21(32-15)16(5-6-26-17)18-4-3-8-27(18)12-14-11-25-7-9-31-14/h3-6,8,10,14,19-20,25H,7,9,11-13H2,1-2H3/t14-,19?,20?/m1/s1. The van der Waals surface area contributed by atoms with E-state index in [4.69, 9.17) is 4.74 Å². The Labute approximate surface area is 190 Å². The molecule has 0 aromatic carbocycles. The fourth-order valence-electron chi connectivity index (χ4n) is 5.36. The third-order valence-corrected chi connectivity index (χ3v) is 8.32. The number of hydrogen-bond donors (Lipinski definition) is 1. The van der Waals surface area contributed by atoms with Crippen LogP contribution in [0.25, 0.3) is 21.5 Å². The first-order valence-corrected chi connectivity index (χ1v) is 12.0. The molecule has 166 valence electrons. The Hall–Kier alpha value is -2.55. The van der Waals surface area contributed by atoms with Crippen molar-refractivity contribution in [2.24, 2.45) is 17.3 Å². The first kappa shape index (κ1) is 20.1. The largest absolute Gasteiger partial charge is 0.374 e.